The summed E-state index contributed by atoms with van der Waals surface area (Å²) in [6.45, 7) is 4.60. The smallest absolute Gasteiger partial charge is 0.165 e. The highest BCUT2D eigenvalue weighted by Gasteiger charge is 2.59. The Morgan fingerprint density at radius 1 is 1.03 bits per heavy atom. The maximum atomic E-state index is 13.4. The van der Waals surface area contributed by atoms with Crippen LogP contribution in [0.4, 0.5) is 4.39 Å². The van der Waals surface area contributed by atoms with Gasteiger partial charge in [-0.1, -0.05) is 37.6 Å². The van der Waals surface area contributed by atoms with Crippen molar-refractivity contribution >= 4 is 11.9 Å². The summed E-state index contributed by atoms with van der Waals surface area (Å²) in [5.74, 6) is 1.61. The summed E-state index contributed by atoms with van der Waals surface area (Å²) in [7, 11) is 0. The standard InChI is InChI=1S/C26H31FO2/c1-25-11-9-20(28)15-18(25)5-8-21-22(25)10-12-26(2)23(21)14-17(24(26)29)13-16-3-6-19(27)7-4-16/h3-7,13,20-23,28H,8-12,14-15H2,1-2H3/b17-13+/t20-,21-,22+,23+,25-,26-/m0/s1. The van der Waals surface area contributed by atoms with Crippen molar-refractivity contribution in [3.8, 4) is 0 Å². The molecule has 5 rings (SSSR count). The van der Waals surface area contributed by atoms with E-state index < -0.39 is 0 Å². The third kappa shape index (κ3) is 2.88. The monoisotopic (exact) mass is 394 g/mol. The zero-order valence-corrected chi connectivity index (χ0v) is 17.5. The third-order valence-electron chi connectivity index (χ3n) is 8.93. The Hall–Kier alpha value is -1.74. The molecular formula is C26H31FO2. The van der Waals surface area contributed by atoms with Crippen molar-refractivity contribution in [1.29, 1.82) is 0 Å². The summed E-state index contributed by atoms with van der Waals surface area (Å²) in [6, 6.07) is 6.43. The molecule has 0 aliphatic heterocycles. The van der Waals surface area contributed by atoms with Gasteiger partial charge in [-0.15, -0.1) is 0 Å². The van der Waals surface area contributed by atoms with E-state index >= 15 is 0 Å². The summed E-state index contributed by atoms with van der Waals surface area (Å²) >= 11 is 0. The average molecular weight is 395 g/mol. The maximum Gasteiger partial charge on any atom is 0.165 e. The molecule has 1 N–H and O–H groups in total. The number of carbonyl (C=O) groups excluding carboxylic acids is 1. The van der Waals surface area contributed by atoms with Crippen LogP contribution < -0.4 is 0 Å². The number of hydrogen-bond donors (Lipinski definition) is 1. The van der Waals surface area contributed by atoms with Crippen molar-refractivity contribution in [2.24, 2.45) is 28.6 Å². The molecule has 0 spiro atoms. The highest BCUT2D eigenvalue weighted by molar-refractivity contribution is 6.05. The van der Waals surface area contributed by atoms with Crippen LogP contribution in [0.5, 0.6) is 0 Å². The second kappa shape index (κ2) is 6.63. The lowest BCUT2D eigenvalue weighted by Crippen LogP contribution is -2.50. The Morgan fingerprint density at radius 3 is 2.52 bits per heavy atom. The van der Waals surface area contributed by atoms with Crippen LogP contribution in [0, 0.1) is 34.4 Å². The first kappa shape index (κ1) is 19.2. The molecule has 4 aliphatic rings. The molecule has 0 saturated heterocycles. The number of allylic oxidation sites excluding steroid dienone is 2. The number of hydrogen-bond acceptors (Lipinski definition) is 2. The minimum atomic E-state index is -0.261. The lowest BCUT2D eigenvalue weighted by atomic mass is 9.48. The Bertz CT molecular complexity index is 898. The van der Waals surface area contributed by atoms with E-state index in [2.05, 4.69) is 19.9 Å². The molecule has 0 heterocycles. The molecule has 3 fully saturated rings. The Kier molecular flexibility index (Phi) is 4.40. The number of aliphatic hydroxyl groups excluding tert-OH is 1. The van der Waals surface area contributed by atoms with Gasteiger partial charge >= 0.3 is 0 Å². The van der Waals surface area contributed by atoms with Crippen molar-refractivity contribution in [3.63, 3.8) is 0 Å². The Balaban J connectivity index is 1.47. The number of rotatable bonds is 1. The summed E-state index contributed by atoms with van der Waals surface area (Å²) in [5.41, 5.74) is 3.22. The van der Waals surface area contributed by atoms with Gasteiger partial charge in [0.25, 0.3) is 0 Å². The molecule has 0 radical (unpaired) electrons. The van der Waals surface area contributed by atoms with Gasteiger partial charge in [0, 0.05) is 5.41 Å². The molecule has 3 heteroatoms. The van der Waals surface area contributed by atoms with Crippen LogP contribution in [0.15, 0.2) is 41.5 Å². The topological polar surface area (TPSA) is 37.3 Å². The molecule has 2 nitrogen and oxygen atoms in total. The van der Waals surface area contributed by atoms with Gasteiger partial charge in [0.05, 0.1) is 6.10 Å². The van der Waals surface area contributed by atoms with E-state index in [4.69, 9.17) is 0 Å². The van der Waals surface area contributed by atoms with Gasteiger partial charge in [-0.25, -0.2) is 4.39 Å². The number of aliphatic hydroxyl groups is 1. The summed E-state index contributed by atoms with van der Waals surface area (Å²) in [5, 5.41) is 10.2. The van der Waals surface area contributed by atoms with Crippen molar-refractivity contribution in [3.05, 3.63) is 52.9 Å². The van der Waals surface area contributed by atoms with E-state index in [-0.39, 0.29) is 22.8 Å². The Labute approximate surface area is 172 Å². The minimum Gasteiger partial charge on any atom is -0.393 e. The van der Waals surface area contributed by atoms with Crippen molar-refractivity contribution in [2.45, 2.75) is 64.9 Å². The van der Waals surface area contributed by atoms with Crippen molar-refractivity contribution < 1.29 is 14.3 Å². The van der Waals surface area contributed by atoms with Crippen LogP contribution in [0.3, 0.4) is 0 Å². The fourth-order valence-electron chi connectivity index (χ4n) is 7.20. The van der Waals surface area contributed by atoms with E-state index in [1.54, 1.807) is 12.1 Å². The fourth-order valence-corrected chi connectivity index (χ4v) is 7.20. The van der Waals surface area contributed by atoms with E-state index in [1.807, 2.05) is 6.08 Å². The molecule has 0 bridgehead atoms. The zero-order chi connectivity index (χ0) is 20.4. The fraction of sp³-hybridized carbons (Fsp3) is 0.577. The molecular weight excluding hydrogens is 363 g/mol. The molecule has 1 aromatic carbocycles. The number of carbonyl (C=O) groups is 1. The van der Waals surface area contributed by atoms with Crippen molar-refractivity contribution in [1.82, 2.24) is 0 Å². The van der Waals surface area contributed by atoms with E-state index in [0.29, 0.717) is 23.5 Å². The first-order chi connectivity index (χ1) is 13.8. The maximum absolute atomic E-state index is 13.4. The second-order valence-electron chi connectivity index (χ2n) is 10.4. The van der Waals surface area contributed by atoms with Gasteiger partial charge in [0.1, 0.15) is 5.82 Å². The summed E-state index contributed by atoms with van der Waals surface area (Å²) in [6.07, 6.45) is 11.0. The lowest BCUT2D eigenvalue weighted by molar-refractivity contribution is -0.130. The molecule has 0 amide bonds. The zero-order valence-electron chi connectivity index (χ0n) is 17.5. The van der Waals surface area contributed by atoms with Crippen molar-refractivity contribution in [2.75, 3.05) is 0 Å². The number of Topliss-reactive ketones (excluding diaryl/α,β-unsaturated/α-hetero) is 1. The average Bonchev–Trinajstić information content (AvgIpc) is 2.95. The molecule has 0 unspecified atom stereocenters. The number of benzene rings is 1. The van der Waals surface area contributed by atoms with E-state index in [9.17, 15) is 14.3 Å². The Morgan fingerprint density at radius 2 is 1.76 bits per heavy atom. The molecule has 154 valence electrons. The second-order valence-corrected chi connectivity index (χ2v) is 10.4. The van der Waals surface area contributed by atoms with Gasteiger partial charge in [-0.2, -0.15) is 0 Å². The van der Waals surface area contributed by atoms with Gasteiger partial charge in [-0.05, 0) is 97.5 Å². The lowest BCUT2D eigenvalue weighted by Gasteiger charge is -2.56. The van der Waals surface area contributed by atoms with Crippen LogP contribution in [-0.4, -0.2) is 17.0 Å². The number of halogens is 1. The predicted molar refractivity (Wildman–Crippen MR) is 112 cm³/mol. The normalized spacial score (nSPS) is 42.8. The van der Waals surface area contributed by atoms with Gasteiger partial charge < -0.3 is 5.11 Å². The molecule has 1 aromatic rings. The highest BCUT2D eigenvalue weighted by Crippen LogP contribution is 2.64. The molecule has 3 saturated carbocycles. The minimum absolute atomic E-state index is 0.182. The van der Waals surface area contributed by atoms with Gasteiger partial charge in [0.15, 0.2) is 5.78 Å². The van der Waals surface area contributed by atoms with Gasteiger partial charge in [-0.3, -0.25) is 4.79 Å². The van der Waals surface area contributed by atoms with Crippen LogP contribution in [-0.2, 0) is 4.79 Å². The summed E-state index contributed by atoms with van der Waals surface area (Å²) < 4.78 is 13.3. The SMILES string of the molecule is C[C@]12CC[C@H](O)CC1=CC[C@H]1[C@H]2CC[C@]2(C)C(=O)/C(=C/c3ccc(F)cc3)C[C@H]12. The van der Waals surface area contributed by atoms with Crippen LogP contribution in [0.25, 0.3) is 6.08 Å². The quantitative estimate of drug-likeness (QED) is 0.489. The first-order valence-electron chi connectivity index (χ1n) is 11.2. The number of ketones is 1. The van der Waals surface area contributed by atoms with Crippen LogP contribution in [0.2, 0.25) is 0 Å². The number of fused-ring (bicyclic) bond motifs is 5. The van der Waals surface area contributed by atoms with Crippen LogP contribution >= 0.6 is 0 Å². The molecule has 29 heavy (non-hydrogen) atoms. The first-order valence-corrected chi connectivity index (χ1v) is 11.2. The summed E-state index contributed by atoms with van der Waals surface area (Å²) in [4.78, 5) is 13.4. The highest BCUT2D eigenvalue weighted by atomic mass is 19.1. The van der Waals surface area contributed by atoms with Crippen LogP contribution in [0.1, 0.15) is 64.4 Å². The predicted octanol–water partition coefficient (Wildman–Crippen LogP) is 5.71. The van der Waals surface area contributed by atoms with Gasteiger partial charge in [0.2, 0.25) is 0 Å². The van der Waals surface area contributed by atoms with E-state index in [1.165, 1.54) is 17.7 Å². The largest absolute Gasteiger partial charge is 0.393 e. The molecule has 6 atom stereocenters. The molecule has 0 aromatic heterocycles. The van der Waals surface area contributed by atoms with E-state index in [0.717, 1.165) is 56.1 Å². The third-order valence-corrected chi connectivity index (χ3v) is 8.93. The molecule has 4 aliphatic carbocycles.